The van der Waals surface area contributed by atoms with Crippen LogP contribution in [0.3, 0.4) is 0 Å². The van der Waals surface area contributed by atoms with Crippen molar-refractivity contribution >= 4 is 6.29 Å². The topological polar surface area (TPSA) is 44.1 Å². The minimum atomic E-state index is -0.0989. The molecule has 0 N–H and O–H groups in total. The zero-order chi connectivity index (χ0) is 19.3. The van der Waals surface area contributed by atoms with E-state index in [1.807, 2.05) is 65.2 Å². The van der Waals surface area contributed by atoms with Crippen LogP contribution in [0.15, 0.2) is 91.1 Å². The van der Waals surface area contributed by atoms with Gasteiger partial charge < -0.3 is 4.74 Å². The first-order valence-corrected chi connectivity index (χ1v) is 9.09. The van der Waals surface area contributed by atoms with Crippen molar-refractivity contribution in [1.29, 1.82) is 0 Å². The van der Waals surface area contributed by atoms with E-state index in [0.717, 1.165) is 34.7 Å². The lowest BCUT2D eigenvalue weighted by molar-refractivity contribution is 0.111. The molecule has 0 fully saturated rings. The summed E-state index contributed by atoms with van der Waals surface area (Å²) in [7, 11) is 1.63. The highest BCUT2D eigenvalue weighted by atomic mass is 16.5. The molecule has 0 saturated carbocycles. The lowest BCUT2D eigenvalue weighted by Crippen LogP contribution is -2.12. The van der Waals surface area contributed by atoms with Gasteiger partial charge in [0.1, 0.15) is 17.3 Å². The highest BCUT2D eigenvalue weighted by Crippen LogP contribution is 2.33. The fraction of sp³-hybridized carbons (Fsp3) is 0.0833. The Hall–Kier alpha value is -3.66. The Labute approximate surface area is 164 Å². The largest absolute Gasteiger partial charge is 0.497 e. The Kier molecular flexibility index (Phi) is 5.02. The van der Waals surface area contributed by atoms with Crippen molar-refractivity contribution in [1.82, 2.24) is 9.55 Å². The second kappa shape index (κ2) is 7.92. The second-order valence-electron chi connectivity index (χ2n) is 6.45. The molecule has 0 saturated heterocycles. The first-order chi connectivity index (χ1) is 13.8. The maximum absolute atomic E-state index is 11.7. The van der Waals surface area contributed by atoms with Crippen LogP contribution in [0.1, 0.15) is 33.4 Å². The van der Waals surface area contributed by atoms with Crippen LogP contribution in [-0.4, -0.2) is 22.9 Å². The molecule has 0 aliphatic heterocycles. The Bertz CT molecular complexity index is 1020. The molecular formula is C24H20N2O2. The zero-order valence-corrected chi connectivity index (χ0v) is 15.5. The van der Waals surface area contributed by atoms with Gasteiger partial charge in [-0.2, -0.15) is 0 Å². The van der Waals surface area contributed by atoms with Crippen LogP contribution in [0.2, 0.25) is 0 Å². The molecule has 3 aromatic carbocycles. The number of imidazole rings is 1. The number of benzene rings is 3. The van der Waals surface area contributed by atoms with Crippen molar-refractivity contribution in [2.24, 2.45) is 0 Å². The predicted molar refractivity (Wildman–Crippen MR) is 109 cm³/mol. The first kappa shape index (κ1) is 17.7. The molecule has 0 atom stereocenters. The summed E-state index contributed by atoms with van der Waals surface area (Å²) >= 11 is 0. The Balaban J connectivity index is 1.92. The van der Waals surface area contributed by atoms with Gasteiger partial charge in [0.2, 0.25) is 0 Å². The number of hydrogen-bond acceptors (Lipinski definition) is 3. The summed E-state index contributed by atoms with van der Waals surface area (Å²) in [5, 5.41) is 0. The lowest BCUT2D eigenvalue weighted by atomic mass is 9.90. The number of aromatic nitrogens is 2. The van der Waals surface area contributed by atoms with Crippen LogP contribution >= 0.6 is 0 Å². The maximum Gasteiger partial charge on any atom is 0.168 e. The highest BCUT2D eigenvalue weighted by Gasteiger charge is 2.24. The highest BCUT2D eigenvalue weighted by molar-refractivity contribution is 5.73. The van der Waals surface area contributed by atoms with Crippen LogP contribution in [-0.2, 0) is 0 Å². The smallest absolute Gasteiger partial charge is 0.168 e. The van der Waals surface area contributed by atoms with E-state index in [1.165, 1.54) is 0 Å². The summed E-state index contributed by atoms with van der Waals surface area (Å²) in [4.78, 5) is 16.4. The molecule has 0 spiro atoms. The third kappa shape index (κ3) is 3.32. The second-order valence-corrected chi connectivity index (χ2v) is 6.45. The Morgan fingerprint density at radius 3 is 1.93 bits per heavy atom. The average molecular weight is 368 g/mol. The molecule has 4 nitrogen and oxygen atoms in total. The monoisotopic (exact) mass is 368 g/mol. The average Bonchev–Trinajstić information content (AvgIpc) is 3.19. The lowest BCUT2D eigenvalue weighted by Gasteiger charge is -2.20. The van der Waals surface area contributed by atoms with Crippen LogP contribution in [0.5, 0.6) is 5.75 Å². The molecule has 0 radical (unpaired) electrons. The van der Waals surface area contributed by atoms with E-state index in [9.17, 15) is 4.79 Å². The number of carbonyl (C=O) groups excluding carboxylic acids is 1. The number of nitrogens with zero attached hydrogens (tertiary/aromatic N) is 2. The fourth-order valence-electron chi connectivity index (χ4n) is 3.46. The number of rotatable bonds is 6. The molecule has 0 bridgehead atoms. The Morgan fingerprint density at radius 1 is 0.857 bits per heavy atom. The van der Waals surface area contributed by atoms with E-state index in [2.05, 4.69) is 29.2 Å². The van der Waals surface area contributed by atoms with Crippen molar-refractivity contribution in [2.75, 3.05) is 7.11 Å². The van der Waals surface area contributed by atoms with Gasteiger partial charge in [-0.1, -0.05) is 60.7 Å². The minimum absolute atomic E-state index is 0.0989. The molecule has 1 aromatic heterocycles. The number of carbonyl (C=O) groups is 1. The van der Waals surface area contributed by atoms with E-state index >= 15 is 0 Å². The van der Waals surface area contributed by atoms with Gasteiger partial charge in [0.15, 0.2) is 6.29 Å². The molecule has 4 rings (SSSR count). The summed E-state index contributed by atoms with van der Waals surface area (Å²) in [6.07, 6.45) is 2.47. The summed E-state index contributed by atoms with van der Waals surface area (Å²) in [5.41, 5.74) is 3.61. The number of ether oxygens (including phenoxy) is 1. The standard InChI is InChI=1S/C24H20N2O2/c1-28-22-14-12-20(13-15-22)26-21(17-27)16-25-24(26)23(18-8-4-2-5-9-18)19-10-6-3-7-11-19/h2-17,23H,1H3. The van der Waals surface area contributed by atoms with Gasteiger partial charge >= 0.3 is 0 Å². The van der Waals surface area contributed by atoms with Crippen LogP contribution in [0, 0.1) is 0 Å². The summed E-state index contributed by atoms with van der Waals surface area (Å²) < 4.78 is 7.18. The molecule has 28 heavy (non-hydrogen) atoms. The van der Waals surface area contributed by atoms with Crippen molar-refractivity contribution < 1.29 is 9.53 Å². The van der Waals surface area contributed by atoms with Crippen LogP contribution < -0.4 is 4.74 Å². The zero-order valence-electron chi connectivity index (χ0n) is 15.5. The summed E-state index contributed by atoms with van der Waals surface area (Å²) in [6, 6.07) is 28.1. The normalized spacial score (nSPS) is 10.8. The quantitative estimate of drug-likeness (QED) is 0.456. The predicted octanol–water partition coefficient (Wildman–Crippen LogP) is 4.87. The fourth-order valence-corrected chi connectivity index (χ4v) is 3.46. The van der Waals surface area contributed by atoms with Crippen molar-refractivity contribution in [2.45, 2.75) is 5.92 Å². The van der Waals surface area contributed by atoms with Gasteiger partial charge in [-0.15, -0.1) is 0 Å². The van der Waals surface area contributed by atoms with Gasteiger partial charge in [0.05, 0.1) is 19.2 Å². The number of hydrogen-bond donors (Lipinski definition) is 0. The van der Waals surface area contributed by atoms with Crippen LogP contribution in [0.4, 0.5) is 0 Å². The Morgan fingerprint density at radius 2 is 1.43 bits per heavy atom. The SMILES string of the molecule is COc1ccc(-n2c(C=O)cnc2C(c2ccccc2)c2ccccc2)cc1. The van der Waals surface area contributed by atoms with Gasteiger partial charge in [0, 0.05) is 5.69 Å². The molecule has 0 aliphatic carbocycles. The molecule has 0 aliphatic rings. The molecule has 1 heterocycles. The summed E-state index contributed by atoms with van der Waals surface area (Å²) in [6.45, 7) is 0. The molecule has 0 amide bonds. The third-order valence-corrected chi connectivity index (χ3v) is 4.79. The molecule has 138 valence electrons. The third-order valence-electron chi connectivity index (χ3n) is 4.79. The maximum atomic E-state index is 11.7. The molecule has 0 unspecified atom stereocenters. The van der Waals surface area contributed by atoms with E-state index in [4.69, 9.17) is 4.74 Å². The van der Waals surface area contributed by atoms with E-state index in [0.29, 0.717) is 5.69 Å². The minimum Gasteiger partial charge on any atom is -0.497 e. The van der Waals surface area contributed by atoms with Gasteiger partial charge in [-0.05, 0) is 35.4 Å². The van der Waals surface area contributed by atoms with Crippen LogP contribution in [0.25, 0.3) is 5.69 Å². The van der Waals surface area contributed by atoms with Gasteiger partial charge in [0.25, 0.3) is 0 Å². The first-order valence-electron chi connectivity index (χ1n) is 9.09. The number of aldehydes is 1. The molecule has 4 aromatic rings. The molecular weight excluding hydrogens is 348 g/mol. The van der Waals surface area contributed by atoms with E-state index in [-0.39, 0.29) is 5.92 Å². The van der Waals surface area contributed by atoms with E-state index < -0.39 is 0 Å². The van der Waals surface area contributed by atoms with Crippen molar-refractivity contribution in [3.05, 3.63) is 114 Å². The number of methoxy groups -OCH3 is 1. The van der Waals surface area contributed by atoms with E-state index in [1.54, 1.807) is 13.3 Å². The summed E-state index contributed by atoms with van der Waals surface area (Å²) in [5.74, 6) is 1.46. The molecule has 4 heteroatoms. The van der Waals surface area contributed by atoms with Crippen molar-refractivity contribution in [3.63, 3.8) is 0 Å². The van der Waals surface area contributed by atoms with Gasteiger partial charge in [-0.25, -0.2) is 4.98 Å². The van der Waals surface area contributed by atoms with Gasteiger partial charge in [-0.3, -0.25) is 9.36 Å². The van der Waals surface area contributed by atoms with Crippen molar-refractivity contribution in [3.8, 4) is 11.4 Å².